The second-order valence-corrected chi connectivity index (χ2v) is 9.68. The summed E-state index contributed by atoms with van der Waals surface area (Å²) in [7, 11) is 0. The number of anilines is 1. The first-order chi connectivity index (χ1) is 18.9. The summed E-state index contributed by atoms with van der Waals surface area (Å²) in [5.41, 5.74) is 3.42. The summed E-state index contributed by atoms with van der Waals surface area (Å²) < 4.78 is 17.1. The molecule has 3 aromatic carbocycles. The molecule has 0 unspecified atom stereocenters. The van der Waals surface area contributed by atoms with Gasteiger partial charge in [-0.05, 0) is 86.1 Å². The average molecular weight is 547 g/mol. The van der Waals surface area contributed by atoms with Gasteiger partial charge in [-0.25, -0.2) is 0 Å². The van der Waals surface area contributed by atoms with Crippen LogP contribution in [0.25, 0.3) is 6.08 Å². The van der Waals surface area contributed by atoms with Crippen LogP contribution in [0.1, 0.15) is 30.5 Å². The molecule has 1 aliphatic heterocycles. The number of carbonyl (C=O) groups excluding carboxylic acids is 3. The van der Waals surface area contributed by atoms with Gasteiger partial charge in [0.2, 0.25) is 5.91 Å². The number of nitrogens with zero attached hydrogens (tertiary/aromatic N) is 1. The molecule has 0 aromatic heterocycles. The minimum absolute atomic E-state index is 0.227. The molecule has 4 rings (SSSR count). The fourth-order valence-electron chi connectivity index (χ4n) is 3.78. The van der Waals surface area contributed by atoms with Crippen molar-refractivity contribution in [2.24, 2.45) is 0 Å². The molecule has 0 radical (unpaired) electrons. The third kappa shape index (κ3) is 7.42. The fraction of sp³-hybridized carbons (Fsp3) is 0.233. The van der Waals surface area contributed by atoms with E-state index >= 15 is 0 Å². The van der Waals surface area contributed by atoms with Gasteiger partial charge >= 0.3 is 0 Å². The van der Waals surface area contributed by atoms with E-state index in [0.29, 0.717) is 48.3 Å². The van der Waals surface area contributed by atoms with Crippen molar-refractivity contribution < 1.29 is 28.6 Å². The smallest absolute Gasteiger partial charge is 0.294 e. The highest BCUT2D eigenvalue weighted by atomic mass is 32.2. The van der Waals surface area contributed by atoms with E-state index in [2.05, 4.69) is 5.32 Å². The summed E-state index contributed by atoms with van der Waals surface area (Å²) in [5.74, 6) is 0.798. The number of carbonyl (C=O) groups is 3. The van der Waals surface area contributed by atoms with Crippen LogP contribution < -0.4 is 19.5 Å². The number of benzene rings is 3. The maximum atomic E-state index is 12.9. The van der Waals surface area contributed by atoms with Gasteiger partial charge in [-0.1, -0.05) is 35.9 Å². The van der Waals surface area contributed by atoms with Gasteiger partial charge in [0.05, 0.1) is 18.1 Å². The molecular formula is C30H30N2O6S. The van der Waals surface area contributed by atoms with Crippen molar-refractivity contribution in [2.75, 3.05) is 25.1 Å². The summed E-state index contributed by atoms with van der Waals surface area (Å²) >= 11 is 0.794. The second kappa shape index (κ2) is 13.0. The molecule has 1 aliphatic rings. The molecule has 1 fully saturated rings. The van der Waals surface area contributed by atoms with E-state index in [4.69, 9.17) is 14.2 Å². The molecule has 0 aliphatic carbocycles. The van der Waals surface area contributed by atoms with Crippen LogP contribution in [0.2, 0.25) is 0 Å². The van der Waals surface area contributed by atoms with E-state index < -0.39 is 17.1 Å². The Kier molecular flexibility index (Phi) is 9.27. The van der Waals surface area contributed by atoms with Crippen molar-refractivity contribution >= 4 is 40.6 Å². The van der Waals surface area contributed by atoms with E-state index in [1.165, 1.54) is 5.56 Å². The van der Waals surface area contributed by atoms with Crippen LogP contribution in [0.15, 0.2) is 71.6 Å². The Bertz CT molecular complexity index is 1370. The van der Waals surface area contributed by atoms with Crippen molar-refractivity contribution in [3.05, 3.63) is 88.3 Å². The van der Waals surface area contributed by atoms with E-state index in [1.54, 1.807) is 48.5 Å². The van der Waals surface area contributed by atoms with Crippen molar-refractivity contribution in [3.8, 4) is 17.2 Å². The Morgan fingerprint density at radius 3 is 2.31 bits per heavy atom. The first-order valence-corrected chi connectivity index (χ1v) is 13.4. The largest absolute Gasteiger partial charge is 0.494 e. The van der Waals surface area contributed by atoms with Crippen molar-refractivity contribution in [1.82, 2.24) is 4.90 Å². The highest BCUT2D eigenvalue weighted by Gasteiger charge is 2.36. The molecule has 1 N–H and O–H groups in total. The zero-order valence-electron chi connectivity index (χ0n) is 22.1. The van der Waals surface area contributed by atoms with Crippen LogP contribution in [-0.2, 0) is 16.2 Å². The summed E-state index contributed by atoms with van der Waals surface area (Å²) in [4.78, 5) is 39.2. The molecule has 0 spiro atoms. The molecule has 0 saturated carbocycles. The van der Waals surface area contributed by atoms with Gasteiger partial charge in [-0.3, -0.25) is 19.3 Å². The predicted molar refractivity (Wildman–Crippen MR) is 152 cm³/mol. The van der Waals surface area contributed by atoms with Crippen molar-refractivity contribution in [1.29, 1.82) is 0 Å². The first-order valence-electron chi connectivity index (χ1n) is 12.6. The van der Waals surface area contributed by atoms with Crippen LogP contribution in [-0.4, -0.2) is 41.7 Å². The molecule has 202 valence electrons. The maximum absolute atomic E-state index is 12.9. The molecule has 9 heteroatoms. The van der Waals surface area contributed by atoms with Gasteiger partial charge in [-0.2, -0.15) is 0 Å². The van der Waals surface area contributed by atoms with E-state index in [9.17, 15) is 14.4 Å². The van der Waals surface area contributed by atoms with Gasteiger partial charge in [0.15, 0.2) is 11.5 Å². The number of rotatable bonds is 11. The zero-order valence-corrected chi connectivity index (χ0v) is 22.9. The van der Waals surface area contributed by atoms with Crippen LogP contribution in [0.3, 0.4) is 0 Å². The monoisotopic (exact) mass is 546 g/mol. The topological polar surface area (TPSA) is 94.2 Å². The normalized spacial score (nSPS) is 14.0. The Morgan fingerprint density at radius 1 is 0.897 bits per heavy atom. The second-order valence-electron chi connectivity index (χ2n) is 8.69. The molecule has 1 saturated heterocycles. The Hall–Kier alpha value is -4.24. The molecule has 1 heterocycles. The standard InChI is InChI=1S/C30H30N2O6S/c1-4-36-24-13-11-23(12-14-24)31-28(33)18-32-29(34)27(39-30(32)35)17-22-10-15-25(26(16-22)37-5-2)38-19-21-8-6-20(3)7-9-21/h6-17H,4-5,18-19H2,1-3H3,(H,31,33)/b27-17+. The molecule has 39 heavy (non-hydrogen) atoms. The number of ether oxygens (including phenoxy) is 3. The third-order valence-corrected chi connectivity index (χ3v) is 6.61. The van der Waals surface area contributed by atoms with Crippen LogP contribution >= 0.6 is 11.8 Å². The van der Waals surface area contributed by atoms with E-state index in [-0.39, 0.29) is 11.4 Å². The lowest BCUT2D eigenvalue weighted by atomic mass is 10.1. The summed E-state index contributed by atoms with van der Waals surface area (Å²) in [5, 5.41) is 2.19. The Balaban J connectivity index is 1.41. The summed E-state index contributed by atoms with van der Waals surface area (Å²) in [6.45, 7) is 6.77. The lowest BCUT2D eigenvalue weighted by Crippen LogP contribution is -2.36. The van der Waals surface area contributed by atoms with Crippen molar-refractivity contribution in [3.63, 3.8) is 0 Å². The minimum atomic E-state index is -0.524. The number of hydrogen-bond donors (Lipinski definition) is 1. The van der Waals surface area contributed by atoms with Crippen molar-refractivity contribution in [2.45, 2.75) is 27.4 Å². The molecule has 3 amide bonds. The first kappa shape index (κ1) is 27.8. The van der Waals surface area contributed by atoms with E-state index in [0.717, 1.165) is 22.2 Å². The van der Waals surface area contributed by atoms with Crippen LogP contribution in [0.4, 0.5) is 10.5 Å². The SMILES string of the molecule is CCOc1ccc(NC(=O)CN2C(=O)S/C(=C/c3ccc(OCc4ccc(C)cc4)c(OCC)c3)C2=O)cc1. The summed E-state index contributed by atoms with van der Waals surface area (Å²) in [6.07, 6.45) is 1.61. The molecule has 0 bridgehead atoms. The van der Waals surface area contributed by atoms with Gasteiger partial charge in [0.1, 0.15) is 18.9 Å². The van der Waals surface area contributed by atoms with Gasteiger partial charge < -0.3 is 19.5 Å². The highest BCUT2D eigenvalue weighted by molar-refractivity contribution is 8.18. The van der Waals surface area contributed by atoms with Gasteiger partial charge in [0.25, 0.3) is 11.1 Å². The number of hydrogen-bond acceptors (Lipinski definition) is 7. The molecule has 3 aromatic rings. The van der Waals surface area contributed by atoms with Crippen LogP contribution in [0.5, 0.6) is 17.2 Å². The zero-order chi connectivity index (χ0) is 27.8. The maximum Gasteiger partial charge on any atom is 0.294 e. The lowest BCUT2D eigenvalue weighted by molar-refractivity contribution is -0.127. The Morgan fingerprint density at radius 2 is 1.62 bits per heavy atom. The minimum Gasteiger partial charge on any atom is -0.494 e. The highest BCUT2D eigenvalue weighted by Crippen LogP contribution is 2.35. The Labute approximate surface area is 231 Å². The fourth-order valence-corrected chi connectivity index (χ4v) is 4.62. The van der Waals surface area contributed by atoms with Crippen LogP contribution in [0, 0.1) is 6.92 Å². The number of aryl methyl sites for hydroxylation is 1. The number of thioether (sulfide) groups is 1. The lowest BCUT2D eigenvalue weighted by Gasteiger charge is -2.13. The van der Waals surface area contributed by atoms with E-state index in [1.807, 2.05) is 45.0 Å². The number of imide groups is 1. The number of nitrogens with one attached hydrogen (secondary N) is 1. The molecule has 8 nitrogen and oxygen atoms in total. The summed E-state index contributed by atoms with van der Waals surface area (Å²) in [6, 6.07) is 20.3. The average Bonchev–Trinajstić information content (AvgIpc) is 3.18. The quantitative estimate of drug-likeness (QED) is 0.293. The van der Waals surface area contributed by atoms with Gasteiger partial charge in [-0.15, -0.1) is 0 Å². The van der Waals surface area contributed by atoms with Gasteiger partial charge in [0, 0.05) is 5.69 Å². The number of amides is 3. The predicted octanol–water partition coefficient (Wildman–Crippen LogP) is 6.05. The third-order valence-electron chi connectivity index (χ3n) is 5.70. The molecular weight excluding hydrogens is 516 g/mol. The molecule has 0 atom stereocenters.